The Morgan fingerprint density at radius 2 is 2.12 bits per heavy atom. The summed E-state index contributed by atoms with van der Waals surface area (Å²) in [5.41, 5.74) is 2.04. The van der Waals surface area contributed by atoms with Gasteiger partial charge in [0.05, 0.1) is 19.3 Å². The van der Waals surface area contributed by atoms with Crippen molar-refractivity contribution >= 4 is 11.6 Å². The lowest BCUT2D eigenvalue weighted by Gasteiger charge is -2.49. The Kier molecular flexibility index (Phi) is 5.41. The lowest BCUT2D eigenvalue weighted by atomic mass is 9.79. The number of aryl methyl sites for hydroxylation is 1. The molecule has 1 saturated carbocycles. The number of carbonyl (C=O) groups is 1. The van der Waals surface area contributed by atoms with Crippen LogP contribution in [0.15, 0.2) is 18.2 Å². The number of nitrogens with zero attached hydrogens (tertiary/aromatic N) is 1. The first-order valence-corrected chi connectivity index (χ1v) is 9.03. The Morgan fingerprint density at radius 3 is 2.88 bits per heavy atom. The van der Waals surface area contributed by atoms with Crippen LogP contribution in [-0.2, 0) is 4.79 Å². The van der Waals surface area contributed by atoms with Crippen LogP contribution in [0, 0.1) is 6.92 Å². The highest BCUT2D eigenvalue weighted by Gasteiger charge is 2.40. The normalized spacial score (nSPS) is 20.8. The van der Waals surface area contributed by atoms with Crippen molar-refractivity contribution in [3.05, 3.63) is 23.8 Å². The number of piperazine rings is 1. The topological polar surface area (TPSA) is 53.6 Å². The summed E-state index contributed by atoms with van der Waals surface area (Å²) in [5, 5.41) is 6.58. The highest BCUT2D eigenvalue weighted by atomic mass is 16.5. The molecule has 132 valence electrons. The van der Waals surface area contributed by atoms with E-state index in [4.69, 9.17) is 4.74 Å². The molecule has 0 bridgehead atoms. The summed E-state index contributed by atoms with van der Waals surface area (Å²) in [6.45, 7) is 5.39. The van der Waals surface area contributed by atoms with Crippen LogP contribution in [0.3, 0.4) is 0 Å². The summed E-state index contributed by atoms with van der Waals surface area (Å²) in [5.74, 6) is 0.757. The van der Waals surface area contributed by atoms with Crippen molar-refractivity contribution in [2.75, 3.05) is 38.6 Å². The van der Waals surface area contributed by atoms with E-state index < -0.39 is 0 Å². The average Bonchev–Trinajstić information content (AvgIpc) is 2.58. The highest BCUT2D eigenvalue weighted by Crippen LogP contribution is 2.34. The van der Waals surface area contributed by atoms with E-state index in [-0.39, 0.29) is 11.4 Å². The van der Waals surface area contributed by atoms with Gasteiger partial charge in [-0.1, -0.05) is 25.3 Å². The highest BCUT2D eigenvalue weighted by molar-refractivity contribution is 5.93. The van der Waals surface area contributed by atoms with Crippen LogP contribution in [-0.4, -0.2) is 49.6 Å². The molecule has 0 unspecified atom stereocenters. The van der Waals surface area contributed by atoms with Crippen molar-refractivity contribution in [2.24, 2.45) is 0 Å². The number of nitrogens with one attached hydrogen (secondary N) is 2. The third-order valence-electron chi connectivity index (χ3n) is 5.43. The van der Waals surface area contributed by atoms with Gasteiger partial charge in [0, 0.05) is 25.2 Å². The van der Waals surface area contributed by atoms with E-state index in [1.165, 1.54) is 32.1 Å². The average molecular weight is 331 g/mol. The first-order chi connectivity index (χ1) is 11.6. The fourth-order valence-corrected chi connectivity index (χ4v) is 4.12. The number of benzene rings is 1. The van der Waals surface area contributed by atoms with Gasteiger partial charge in [-0.2, -0.15) is 0 Å². The van der Waals surface area contributed by atoms with E-state index in [0.29, 0.717) is 12.3 Å². The van der Waals surface area contributed by atoms with Crippen molar-refractivity contribution in [1.29, 1.82) is 0 Å². The van der Waals surface area contributed by atoms with Crippen molar-refractivity contribution in [3.8, 4) is 5.75 Å². The van der Waals surface area contributed by atoms with Gasteiger partial charge in [0.1, 0.15) is 5.75 Å². The van der Waals surface area contributed by atoms with E-state index >= 15 is 0 Å². The number of anilines is 1. The second-order valence-corrected chi connectivity index (χ2v) is 7.14. The Balaban J connectivity index is 1.68. The zero-order chi connectivity index (χ0) is 17.0. The molecular weight excluding hydrogens is 302 g/mol. The predicted molar refractivity (Wildman–Crippen MR) is 96.6 cm³/mol. The van der Waals surface area contributed by atoms with Gasteiger partial charge in [-0.15, -0.1) is 0 Å². The maximum Gasteiger partial charge on any atom is 0.238 e. The van der Waals surface area contributed by atoms with E-state index in [1.807, 2.05) is 25.1 Å². The first kappa shape index (κ1) is 17.2. The van der Waals surface area contributed by atoms with Crippen molar-refractivity contribution < 1.29 is 9.53 Å². The maximum atomic E-state index is 12.7. The minimum Gasteiger partial charge on any atom is -0.495 e. The molecule has 0 atom stereocenters. The molecule has 5 heteroatoms. The van der Waals surface area contributed by atoms with Crippen LogP contribution in [0.25, 0.3) is 0 Å². The molecule has 1 heterocycles. The molecule has 1 aliphatic carbocycles. The molecule has 2 fully saturated rings. The predicted octanol–water partition coefficient (Wildman–Crippen LogP) is 2.55. The Morgan fingerprint density at radius 1 is 1.33 bits per heavy atom. The summed E-state index contributed by atoms with van der Waals surface area (Å²) in [4.78, 5) is 15.1. The molecule has 3 rings (SSSR count). The molecule has 0 aromatic heterocycles. The molecule has 1 spiro atoms. The zero-order valence-corrected chi connectivity index (χ0v) is 14.9. The second kappa shape index (κ2) is 7.53. The Bertz CT molecular complexity index is 574. The number of rotatable bonds is 4. The van der Waals surface area contributed by atoms with E-state index in [2.05, 4.69) is 15.5 Å². The van der Waals surface area contributed by atoms with Gasteiger partial charge >= 0.3 is 0 Å². The van der Waals surface area contributed by atoms with Gasteiger partial charge in [0.25, 0.3) is 0 Å². The lowest BCUT2D eigenvalue weighted by molar-refractivity contribution is -0.120. The summed E-state index contributed by atoms with van der Waals surface area (Å²) < 4.78 is 5.36. The molecule has 1 aromatic rings. The molecule has 24 heavy (non-hydrogen) atoms. The van der Waals surface area contributed by atoms with Crippen LogP contribution in [0.5, 0.6) is 5.75 Å². The first-order valence-electron chi connectivity index (χ1n) is 9.03. The van der Waals surface area contributed by atoms with E-state index in [1.54, 1.807) is 7.11 Å². The minimum absolute atomic E-state index is 0.0470. The van der Waals surface area contributed by atoms with Gasteiger partial charge in [0.15, 0.2) is 0 Å². The lowest BCUT2D eigenvalue weighted by Crippen LogP contribution is -2.63. The Labute approximate surface area is 144 Å². The molecule has 0 radical (unpaired) electrons. The number of hydrogen-bond donors (Lipinski definition) is 2. The number of amides is 1. The second-order valence-electron chi connectivity index (χ2n) is 7.14. The smallest absolute Gasteiger partial charge is 0.238 e. The molecule has 1 aromatic carbocycles. The molecule has 2 aliphatic rings. The fourth-order valence-electron chi connectivity index (χ4n) is 4.12. The number of carbonyl (C=O) groups excluding carboxylic acids is 1. The molecule has 1 saturated heterocycles. The van der Waals surface area contributed by atoms with E-state index in [9.17, 15) is 4.79 Å². The summed E-state index contributed by atoms with van der Waals surface area (Å²) in [6.07, 6.45) is 6.25. The van der Waals surface area contributed by atoms with Gasteiger partial charge in [-0.25, -0.2) is 0 Å². The van der Waals surface area contributed by atoms with Gasteiger partial charge < -0.3 is 15.4 Å². The monoisotopic (exact) mass is 331 g/mol. The molecule has 2 N–H and O–H groups in total. The third kappa shape index (κ3) is 3.73. The van der Waals surface area contributed by atoms with Crippen molar-refractivity contribution in [1.82, 2.24) is 10.2 Å². The minimum atomic E-state index is 0.0470. The third-order valence-corrected chi connectivity index (χ3v) is 5.43. The largest absolute Gasteiger partial charge is 0.495 e. The van der Waals surface area contributed by atoms with Gasteiger partial charge in [0.2, 0.25) is 5.91 Å². The van der Waals surface area contributed by atoms with Gasteiger partial charge in [-0.05, 0) is 37.5 Å². The van der Waals surface area contributed by atoms with Crippen LogP contribution in [0.4, 0.5) is 5.69 Å². The molecular formula is C19H29N3O2. The van der Waals surface area contributed by atoms with Crippen LogP contribution in [0.1, 0.15) is 37.7 Å². The van der Waals surface area contributed by atoms with Crippen LogP contribution in [0.2, 0.25) is 0 Å². The number of methoxy groups -OCH3 is 1. The SMILES string of the molecule is COc1ccc(C)cc1NC(=O)CN1CCNCC12CCCCC2. The van der Waals surface area contributed by atoms with Gasteiger partial charge in [-0.3, -0.25) is 9.69 Å². The quantitative estimate of drug-likeness (QED) is 0.890. The fraction of sp³-hybridized carbons (Fsp3) is 0.632. The van der Waals surface area contributed by atoms with Crippen molar-refractivity contribution in [3.63, 3.8) is 0 Å². The standard InChI is InChI=1S/C19H29N3O2/c1-15-6-7-17(24-2)16(12-15)21-18(23)13-22-11-10-20-14-19(22)8-4-3-5-9-19/h6-7,12,20H,3-5,8-11,13-14H2,1-2H3,(H,21,23). The zero-order valence-electron chi connectivity index (χ0n) is 14.9. The molecule has 1 aliphatic heterocycles. The summed E-state index contributed by atoms with van der Waals surface area (Å²) >= 11 is 0. The molecule has 1 amide bonds. The van der Waals surface area contributed by atoms with Crippen molar-refractivity contribution in [2.45, 2.75) is 44.6 Å². The summed E-state index contributed by atoms with van der Waals surface area (Å²) in [6, 6.07) is 5.85. The summed E-state index contributed by atoms with van der Waals surface area (Å²) in [7, 11) is 1.63. The molecule has 5 nitrogen and oxygen atoms in total. The van der Waals surface area contributed by atoms with Crippen LogP contribution < -0.4 is 15.4 Å². The number of hydrogen-bond acceptors (Lipinski definition) is 4. The van der Waals surface area contributed by atoms with E-state index in [0.717, 1.165) is 30.9 Å². The maximum absolute atomic E-state index is 12.7. The van der Waals surface area contributed by atoms with Crippen LogP contribution >= 0.6 is 0 Å². The Hall–Kier alpha value is -1.59. The number of ether oxygens (including phenoxy) is 1.